The molecule has 0 aromatic heterocycles. The Bertz CT molecular complexity index is 820. The average molecular weight is 382 g/mol. The summed E-state index contributed by atoms with van der Waals surface area (Å²) in [7, 11) is 3.27. The maximum Gasteiger partial charge on any atom is 0.257 e. The lowest BCUT2D eigenvalue weighted by Crippen LogP contribution is -2.42. The molecule has 0 unspecified atom stereocenters. The number of benzene rings is 2. The Morgan fingerprint density at radius 3 is 2.61 bits per heavy atom. The topological polar surface area (TPSA) is 67.9 Å². The van der Waals surface area contributed by atoms with E-state index in [0.29, 0.717) is 17.9 Å². The summed E-state index contributed by atoms with van der Waals surface area (Å²) < 4.78 is 11.0. The Morgan fingerprint density at radius 1 is 1.14 bits per heavy atom. The maximum absolute atomic E-state index is 12.8. The van der Waals surface area contributed by atoms with Crippen molar-refractivity contribution in [3.8, 4) is 16.9 Å². The molecule has 0 saturated carbocycles. The van der Waals surface area contributed by atoms with Crippen molar-refractivity contribution in [2.24, 2.45) is 0 Å². The lowest BCUT2D eigenvalue weighted by atomic mass is 10.0. The number of hydrogen-bond donors (Lipinski definition) is 1. The zero-order valence-electron chi connectivity index (χ0n) is 16.3. The molecule has 1 atom stereocenters. The van der Waals surface area contributed by atoms with Crippen LogP contribution in [0.25, 0.3) is 11.1 Å². The van der Waals surface area contributed by atoms with Crippen LogP contribution >= 0.6 is 0 Å². The zero-order chi connectivity index (χ0) is 19.9. The first kappa shape index (κ1) is 19.9. The van der Waals surface area contributed by atoms with E-state index in [1.165, 1.54) is 0 Å². The molecule has 6 nitrogen and oxygen atoms in total. The largest absolute Gasteiger partial charge is 0.483 e. The van der Waals surface area contributed by atoms with Crippen LogP contribution in [0.5, 0.6) is 5.75 Å². The third-order valence-corrected chi connectivity index (χ3v) is 4.97. The fraction of sp³-hybridized carbons (Fsp3) is 0.364. The van der Waals surface area contributed by atoms with Gasteiger partial charge >= 0.3 is 0 Å². The van der Waals surface area contributed by atoms with Gasteiger partial charge in [-0.2, -0.15) is 0 Å². The van der Waals surface area contributed by atoms with Gasteiger partial charge in [-0.25, -0.2) is 0 Å². The van der Waals surface area contributed by atoms with E-state index < -0.39 is 0 Å². The number of piperidine rings is 1. The Labute approximate surface area is 165 Å². The first-order valence-corrected chi connectivity index (χ1v) is 9.47. The summed E-state index contributed by atoms with van der Waals surface area (Å²) in [6, 6.07) is 15.0. The summed E-state index contributed by atoms with van der Waals surface area (Å²) in [5, 5.41) is 2.54. The van der Waals surface area contributed by atoms with Crippen molar-refractivity contribution < 1.29 is 19.1 Å². The molecule has 1 aliphatic rings. The van der Waals surface area contributed by atoms with Crippen LogP contribution in [0.15, 0.2) is 48.5 Å². The summed E-state index contributed by atoms with van der Waals surface area (Å²) in [6.07, 6.45) is 2.06. The van der Waals surface area contributed by atoms with Crippen molar-refractivity contribution in [2.45, 2.75) is 18.9 Å². The van der Waals surface area contributed by atoms with E-state index in [9.17, 15) is 9.59 Å². The highest BCUT2D eigenvalue weighted by molar-refractivity contribution is 5.95. The number of ether oxygens (including phenoxy) is 2. The minimum atomic E-state index is -0.188. The maximum atomic E-state index is 12.8. The number of hydrogen-bond acceptors (Lipinski definition) is 4. The van der Waals surface area contributed by atoms with E-state index in [1.54, 1.807) is 14.2 Å². The molecule has 0 bridgehead atoms. The van der Waals surface area contributed by atoms with Crippen molar-refractivity contribution >= 4 is 11.8 Å². The summed E-state index contributed by atoms with van der Waals surface area (Å²) in [5.74, 6) is 0.466. The molecule has 28 heavy (non-hydrogen) atoms. The van der Waals surface area contributed by atoms with Gasteiger partial charge in [0.15, 0.2) is 6.61 Å². The number of carbonyl (C=O) groups excluding carboxylic acids is 2. The Hall–Kier alpha value is -2.86. The second kappa shape index (κ2) is 9.37. The smallest absolute Gasteiger partial charge is 0.257 e. The van der Waals surface area contributed by atoms with E-state index in [2.05, 4.69) is 5.32 Å². The molecule has 2 aromatic rings. The van der Waals surface area contributed by atoms with Crippen LogP contribution in [-0.2, 0) is 9.53 Å². The minimum Gasteiger partial charge on any atom is -0.483 e. The molecule has 6 heteroatoms. The molecule has 0 radical (unpaired) electrons. The number of para-hydroxylation sites is 1. The first-order valence-electron chi connectivity index (χ1n) is 9.47. The van der Waals surface area contributed by atoms with Gasteiger partial charge in [-0.15, -0.1) is 0 Å². The first-order chi connectivity index (χ1) is 13.6. The average Bonchev–Trinajstić information content (AvgIpc) is 2.77. The van der Waals surface area contributed by atoms with E-state index in [-0.39, 0.29) is 24.5 Å². The van der Waals surface area contributed by atoms with Gasteiger partial charge in [0.05, 0.1) is 6.10 Å². The van der Waals surface area contributed by atoms with Gasteiger partial charge in [0.25, 0.3) is 11.8 Å². The molecule has 2 aromatic carbocycles. The third-order valence-electron chi connectivity index (χ3n) is 4.97. The highest BCUT2D eigenvalue weighted by atomic mass is 16.5. The summed E-state index contributed by atoms with van der Waals surface area (Å²) in [4.78, 5) is 26.1. The van der Waals surface area contributed by atoms with Crippen LogP contribution in [0.2, 0.25) is 0 Å². The number of rotatable bonds is 6. The molecule has 1 aliphatic heterocycles. The van der Waals surface area contributed by atoms with Gasteiger partial charge in [-0.1, -0.05) is 30.3 Å². The number of nitrogens with zero attached hydrogens (tertiary/aromatic N) is 1. The summed E-state index contributed by atoms with van der Waals surface area (Å²) >= 11 is 0. The van der Waals surface area contributed by atoms with E-state index >= 15 is 0 Å². The Kier molecular flexibility index (Phi) is 6.66. The minimum absolute atomic E-state index is 0.0254. The standard InChI is InChI=1S/C22H26N2O4/c1-23-21(25)15-28-20-8-4-3-7-19(20)16-9-11-17(12-10-16)22(26)24-13-5-6-18(14-24)27-2/h3-4,7-12,18H,5-6,13-15H2,1-2H3,(H,23,25)/t18-/m0/s1. The molecule has 148 valence electrons. The molecule has 0 aliphatic carbocycles. The normalized spacial score (nSPS) is 16.5. The molecule has 1 N–H and O–H groups in total. The molecular formula is C22H26N2O4. The highest BCUT2D eigenvalue weighted by Gasteiger charge is 2.24. The molecule has 2 amide bonds. The van der Waals surface area contributed by atoms with E-state index in [0.717, 1.165) is 30.5 Å². The van der Waals surface area contributed by atoms with Gasteiger partial charge in [-0.3, -0.25) is 9.59 Å². The van der Waals surface area contributed by atoms with Crippen LogP contribution in [0.4, 0.5) is 0 Å². The molecular weight excluding hydrogens is 356 g/mol. The molecule has 1 heterocycles. The number of likely N-dealkylation sites (tertiary alicyclic amines) is 1. The number of methoxy groups -OCH3 is 1. The van der Waals surface area contributed by atoms with Crippen molar-refractivity contribution in [3.05, 3.63) is 54.1 Å². The van der Waals surface area contributed by atoms with Crippen LogP contribution in [0.1, 0.15) is 23.2 Å². The molecule has 1 saturated heterocycles. The third kappa shape index (κ3) is 4.70. The molecule has 3 rings (SSSR count). The summed E-state index contributed by atoms with van der Waals surface area (Å²) in [6.45, 7) is 1.35. The SMILES string of the molecule is CNC(=O)COc1ccccc1-c1ccc(C(=O)N2CCC[C@H](OC)C2)cc1. The number of nitrogens with one attached hydrogen (secondary N) is 1. The highest BCUT2D eigenvalue weighted by Crippen LogP contribution is 2.30. The van der Waals surface area contributed by atoms with E-state index in [1.807, 2.05) is 53.4 Å². The number of amides is 2. The Balaban J connectivity index is 1.74. The van der Waals surface area contributed by atoms with Gasteiger partial charge in [-0.05, 0) is 36.6 Å². The fourth-order valence-electron chi connectivity index (χ4n) is 3.34. The fourth-order valence-corrected chi connectivity index (χ4v) is 3.34. The van der Waals surface area contributed by atoms with Crippen LogP contribution in [0, 0.1) is 0 Å². The van der Waals surface area contributed by atoms with Crippen molar-refractivity contribution in [2.75, 3.05) is 33.9 Å². The van der Waals surface area contributed by atoms with Crippen LogP contribution < -0.4 is 10.1 Å². The van der Waals surface area contributed by atoms with E-state index in [4.69, 9.17) is 9.47 Å². The predicted octanol–water partition coefficient (Wildman–Crippen LogP) is 2.73. The Morgan fingerprint density at radius 2 is 1.89 bits per heavy atom. The second-order valence-corrected chi connectivity index (χ2v) is 6.79. The predicted molar refractivity (Wildman–Crippen MR) is 107 cm³/mol. The molecule has 1 fully saturated rings. The molecule has 0 spiro atoms. The van der Waals surface area contributed by atoms with Gasteiger partial charge < -0.3 is 19.7 Å². The van der Waals surface area contributed by atoms with Crippen molar-refractivity contribution in [1.82, 2.24) is 10.2 Å². The zero-order valence-corrected chi connectivity index (χ0v) is 16.3. The second-order valence-electron chi connectivity index (χ2n) is 6.79. The van der Waals surface area contributed by atoms with Crippen LogP contribution in [-0.4, -0.2) is 56.7 Å². The number of carbonyl (C=O) groups is 2. The van der Waals surface area contributed by atoms with Gasteiger partial charge in [0, 0.05) is 38.4 Å². The monoisotopic (exact) mass is 382 g/mol. The quantitative estimate of drug-likeness (QED) is 0.834. The lowest BCUT2D eigenvalue weighted by Gasteiger charge is -2.32. The number of likely N-dealkylation sites (N-methyl/N-ethyl adjacent to an activating group) is 1. The van der Waals surface area contributed by atoms with Gasteiger partial charge in [0.2, 0.25) is 0 Å². The lowest BCUT2D eigenvalue weighted by molar-refractivity contribution is -0.122. The van der Waals surface area contributed by atoms with Crippen LogP contribution in [0.3, 0.4) is 0 Å². The summed E-state index contributed by atoms with van der Waals surface area (Å²) in [5.41, 5.74) is 2.46. The van der Waals surface area contributed by atoms with Gasteiger partial charge in [0.1, 0.15) is 5.75 Å². The van der Waals surface area contributed by atoms with Crippen molar-refractivity contribution in [1.29, 1.82) is 0 Å². The van der Waals surface area contributed by atoms with Crippen molar-refractivity contribution in [3.63, 3.8) is 0 Å².